The fourth-order valence-electron chi connectivity index (χ4n) is 1.64. The molecule has 1 fully saturated rings. The summed E-state index contributed by atoms with van der Waals surface area (Å²) >= 11 is 0. The molecule has 0 atom stereocenters. The van der Waals surface area contributed by atoms with Crippen molar-refractivity contribution in [1.29, 1.82) is 0 Å². The normalized spacial score (nSPS) is 15.3. The largest absolute Gasteiger partial charge is 0.465 e. The van der Waals surface area contributed by atoms with Crippen LogP contribution in [-0.4, -0.2) is 60.4 Å². The third-order valence-electron chi connectivity index (χ3n) is 2.54. The molecule has 0 N–H and O–H groups in total. The first-order chi connectivity index (χ1) is 8.04. The minimum Gasteiger partial charge on any atom is -0.465 e. The van der Waals surface area contributed by atoms with Gasteiger partial charge in [-0.25, -0.2) is 4.79 Å². The molecule has 0 radical (unpaired) electrons. The fraction of sp³-hybridized carbons (Fsp3) is 0.727. The molecule has 0 spiro atoms. The summed E-state index contributed by atoms with van der Waals surface area (Å²) in [5.41, 5.74) is 0. The number of ketones is 1. The lowest BCUT2D eigenvalue weighted by molar-refractivity contribution is -0.143. The van der Waals surface area contributed by atoms with Crippen LogP contribution in [0.5, 0.6) is 0 Å². The Labute approximate surface area is 101 Å². The van der Waals surface area contributed by atoms with Crippen LogP contribution in [0.15, 0.2) is 0 Å². The summed E-state index contributed by atoms with van der Waals surface area (Å²) in [7, 11) is 0. The summed E-state index contributed by atoms with van der Waals surface area (Å²) in [4.78, 5) is 36.9. The summed E-state index contributed by atoms with van der Waals surface area (Å²) in [6.07, 6.45) is 0.360. The van der Waals surface area contributed by atoms with Gasteiger partial charge in [0.2, 0.25) is 0 Å². The van der Waals surface area contributed by atoms with Gasteiger partial charge >= 0.3 is 12.0 Å². The van der Waals surface area contributed by atoms with Crippen LogP contribution in [0.3, 0.4) is 0 Å². The van der Waals surface area contributed by atoms with Gasteiger partial charge in [0.25, 0.3) is 0 Å². The van der Waals surface area contributed by atoms with Crippen LogP contribution >= 0.6 is 0 Å². The predicted octanol–water partition coefficient (Wildman–Crippen LogP) is 0.266. The van der Waals surface area contributed by atoms with Gasteiger partial charge in [-0.15, -0.1) is 0 Å². The molecule has 0 bridgehead atoms. The van der Waals surface area contributed by atoms with Gasteiger partial charge < -0.3 is 14.5 Å². The predicted molar refractivity (Wildman–Crippen MR) is 60.5 cm³/mol. The Hall–Kier alpha value is -1.59. The van der Waals surface area contributed by atoms with Gasteiger partial charge in [0.05, 0.1) is 6.61 Å². The second kappa shape index (κ2) is 6.22. The summed E-state index contributed by atoms with van der Waals surface area (Å²) in [6.45, 7) is 5.02. The second-order valence-electron chi connectivity index (χ2n) is 3.95. The van der Waals surface area contributed by atoms with Crippen molar-refractivity contribution < 1.29 is 19.1 Å². The number of ether oxygens (including phenoxy) is 1. The van der Waals surface area contributed by atoms with Crippen molar-refractivity contribution in [3.05, 3.63) is 0 Å². The Balaban J connectivity index is 2.38. The highest BCUT2D eigenvalue weighted by atomic mass is 16.5. The zero-order chi connectivity index (χ0) is 12.8. The van der Waals surface area contributed by atoms with Gasteiger partial charge in [-0.1, -0.05) is 0 Å². The molecule has 1 aliphatic rings. The van der Waals surface area contributed by atoms with E-state index < -0.39 is 5.97 Å². The van der Waals surface area contributed by atoms with E-state index in [0.29, 0.717) is 32.7 Å². The third kappa shape index (κ3) is 4.05. The van der Waals surface area contributed by atoms with Gasteiger partial charge in [0.1, 0.15) is 12.3 Å². The number of urea groups is 1. The SMILES string of the molecule is CCOC(=O)CN1CCN(CCC(C)=O)C1=O. The topological polar surface area (TPSA) is 66.9 Å². The zero-order valence-electron chi connectivity index (χ0n) is 10.3. The van der Waals surface area contributed by atoms with E-state index in [1.165, 1.54) is 11.8 Å². The van der Waals surface area contributed by atoms with Gasteiger partial charge in [0.15, 0.2) is 0 Å². The Morgan fingerprint density at radius 2 is 1.94 bits per heavy atom. The van der Waals surface area contributed by atoms with Crippen molar-refractivity contribution in [2.24, 2.45) is 0 Å². The van der Waals surface area contributed by atoms with Crippen molar-refractivity contribution in [2.45, 2.75) is 20.3 Å². The van der Waals surface area contributed by atoms with E-state index in [4.69, 9.17) is 4.74 Å². The Morgan fingerprint density at radius 3 is 2.53 bits per heavy atom. The van der Waals surface area contributed by atoms with Gasteiger partial charge in [-0.3, -0.25) is 9.59 Å². The number of amides is 2. The third-order valence-corrected chi connectivity index (χ3v) is 2.54. The Kier molecular flexibility index (Phi) is 4.93. The Morgan fingerprint density at radius 1 is 1.29 bits per heavy atom. The number of nitrogens with zero attached hydrogens (tertiary/aromatic N) is 2. The van der Waals surface area contributed by atoms with Crippen LogP contribution < -0.4 is 0 Å². The minimum atomic E-state index is -0.394. The quantitative estimate of drug-likeness (QED) is 0.627. The maximum atomic E-state index is 11.8. The molecular weight excluding hydrogens is 224 g/mol. The van der Waals surface area contributed by atoms with Crippen molar-refractivity contribution in [1.82, 2.24) is 9.80 Å². The number of esters is 1. The van der Waals surface area contributed by atoms with Crippen LogP contribution in [0, 0.1) is 0 Å². The number of carbonyl (C=O) groups is 3. The molecule has 1 rings (SSSR count). The minimum absolute atomic E-state index is 0.0107. The van der Waals surface area contributed by atoms with Crippen LogP contribution in [0.1, 0.15) is 20.3 Å². The highest BCUT2D eigenvalue weighted by Crippen LogP contribution is 2.09. The molecule has 0 aromatic rings. The molecule has 1 saturated heterocycles. The van der Waals surface area contributed by atoms with Crippen LogP contribution in [-0.2, 0) is 14.3 Å². The summed E-state index contributed by atoms with van der Waals surface area (Å²) < 4.78 is 4.78. The van der Waals surface area contributed by atoms with E-state index in [9.17, 15) is 14.4 Å². The lowest BCUT2D eigenvalue weighted by atomic mass is 10.3. The second-order valence-corrected chi connectivity index (χ2v) is 3.95. The lowest BCUT2D eigenvalue weighted by Gasteiger charge is -2.17. The molecule has 0 aliphatic carbocycles. The van der Waals surface area contributed by atoms with E-state index in [2.05, 4.69) is 0 Å². The highest BCUT2D eigenvalue weighted by Gasteiger charge is 2.29. The number of Topliss-reactive ketones (excluding diaryl/α,β-unsaturated/α-hetero) is 1. The average molecular weight is 242 g/mol. The summed E-state index contributed by atoms with van der Waals surface area (Å²) in [6, 6.07) is -0.195. The first-order valence-electron chi connectivity index (χ1n) is 5.73. The summed E-state index contributed by atoms with van der Waals surface area (Å²) in [5.74, 6) is -0.337. The van der Waals surface area contributed by atoms with E-state index in [1.54, 1.807) is 11.8 Å². The average Bonchev–Trinajstić information content (AvgIpc) is 2.58. The molecule has 6 nitrogen and oxygen atoms in total. The monoisotopic (exact) mass is 242 g/mol. The van der Waals surface area contributed by atoms with Gasteiger partial charge in [-0.05, 0) is 13.8 Å². The van der Waals surface area contributed by atoms with Crippen LogP contribution in [0.4, 0.5) is 4.79 Å². The number of hydrogen-bond donors (Lipinski definition) is 0. The molecule has 2 amide bonds. The highest BCUT2D eigenvalue weighted by molar-refractivity contribution is 5.83. The zero-order valence-corrected chi connectivity index (χ0v) is 10.3. The van der Waals surface area contributed by atoms with E-state index in [0.717, 1.165) is 0 Å². The molecule has 0 aromatic heterocycles. The van der Waals surface area contributed by atoms with E-state index >= 15 is 0 Å². The van der Waals surface area contributed by atoms with E-state index in [-0.39, 0.29) is 18.4 Å². The first kappa shape index (κ1) is 13.5. The smallest absolute Gasteiger partial charge is 0.325 e. The number of hydrogen-bond acceptors (Lipinski definition) is 4. The lowest BCUT2D eigenvalue weighted by Crippen LogP contribution is -2.36. The molecule has 17 heavy (non-hydrogen) atoms. The van der Waals surface area contributed by atoms with Crippen LogP contribution in [0.2, 0.25) is 0 Å². The number of rotatable bonds is 6. The molecule has 6 heteroatoms. The maximum absolute atomic E-state index is 11.8. The van der Waals surface area contributed by atoms with Crippen LogP contribution in [0.25, 0.3) is 0 Å². The van der Waals surface area contributed by atoms with Gasteiger partial charge in [-0.2, -0.15) is 0 Å². The molecule has 0 aromatic carbocycles. The standard InChI is InChI=1S/C11H18N2O4/c1-3-17-10(15)8-13-7-6-12(11(13)16)5-4-9(2)14/h3-8H2,1-2H3. The van der Waals surface area contributed by atoms with Crippen molar-refractivity contribution in [3.8, 4) is 0 Å². The summed E-state index contributed by atoms with van der Waals surface area (Å²) in [5, 5.41) is 0. The van der Waals surface area contributed by atoms with Crippen molar-refractivity contribution in [3.63, 3.8) is 0 Å². The molecule has 0 saturated carbocycles. The van der Waals surface area contributed by atoms with E-state index in [1.807, 2.05) is 0 Å². The number of carbonyl (C=O) groups excluding carboxylic acids is 3. The molecule has 0 unspecified atom stereocenters. The van der Waals surface area contributed by atoms with Crippen molar-refractivity contribution in [2.75, 3.05) is 32.8 Å². The molecule has 96 valence electrons. The fourth-order valence-corrected chi connectivity index (χ4v) is 1.64. The molecular formula is C11H18N2O4. The maximum Gasteiger partial charge on any atom is 0.325 e. The molecule has 1 aliphatic heterocycles. The van der Waals surface area contributed by atoms with Crippen molar-refractivity contribution >= 4 is 17.8 Å². The first-order valence-corrected chi connectivity index (χ1v) is 5.73. The van der Waals surface area contributed by atoms with Gasteiger partial charge in [0, 0.05) is 26.1 Å². The molecule has 1 heterocycles. The Bertz CT molecular complexity index is 317.